The van der Waals surface area contributed by atoms with Gasteiger partial charge in [0.05, 0.1) is 29.3 Å². The number of carbonyl (C=O) groups excluding carboxylic acids is 1. The number of ether oxygens (including phenoxy) is 1. The summed E-state index contributed by atoms with van der Waals surface area (Å²) in [6, 6.07) is 1.04. The molecule has 0 atom stereocenters. The van der Waals surface area contributed by atoms with E-state index in [1.54, 1.807) is 13.8 Å². The molecule has 1 N–H and O–H groups in total. The van der Waals surface area contributed by atoms with Gasteiger partial charge in [0.15, 0.2) is 0 Å². The van der Waals surface area contributed by atoms with Gasteiger partial charge in [0.1, 0.15) is 5.82 Å². The maximum atomic E-state index is 13.7. The Bertz CT molecular complexity index is 520. The third kappa shape index (κ3) is 4.23. The summed E-state index contributed by atoms with van der Waals surface area (Å²) >= 11 is 0. The predicted octanol–water partition coefficient (Wildman–Crippen LogP) is 2.03. The van der Waals surface area contributed by atoms with Crippen LogP contribution in [0.25, 0.3) is 0 Å². The summed E-state index contributed by atoms with van der Waals surface area (Å²) in [5.74, 6) is -3.35. The first-order chi connectivity index (χ1) is 9.32. The number of nitro benzene ring substituents is 1. The van der Waals surface area contributed by atoms with Crippen molar-refractivity contribution in [3.05, 3.63) is 39.4 Å². The lowest BCUT2D eigenvalue weighted by Gasteiger charge is -2.09. The highest BCUT2D eigenvalue weighted by Gasteiger charge is 2.23. The van der Waals surface area contributed by atoms with Gasteiger partial charge < -0.3 is 10.1 Å². The molecule has 0 saturated heterocycles. The molecule has 0 fully saturated rings. The minimum Gasteiger partial charge on any atom is -0.377 e. The molecule has 1 rings (SSSR count). The van der Waals surface area contributed by atoms with Crippen molar-refractivity contribution < 1.29 is 23.2 Å². The zero-order valence-corrected chi connectivity index (χ0v) is 11.0. The fraction of sp³-hybridized carbons (Fsp3) is 0.417. The summed E-state index contributed by atoms with van der Waals surface area (Å²) in [5, 5.41) is 12.8. The van der Waals surface area contributed by atoms with Crippen molar-refractivity contribution in [2.45, 2.75) is 20.0 Å². The molecule has 0 bridgehead atoms. The second-order valence-electron chi connectivity index (χ2n) is 4.22. The summed E-state index contributed by atoms with van der Waals surface area (Å²) in [5.41, 5.74) is -1.78. The number of carbonyl (C=O) groups is 1. The van der Waals surface area contributed by atoms with Crippen molar-refractivity contribution in [2.24, 2.45) is 0 Å². The van der Waals surface area contributed by atoms with Gasteiger partial charge in [-0.2, -0.15) is 4.39 Å². The number of amides is 1. The Labute approximate surface area is 113 Å². The second kappa shape index (κ2) is 6.90. The number of hydrogen-bond acceptors (Lipinski definition) is 4. The molecule has 0 spiro atoms. The van der Waals surface area contributed by atoms with E-state index in [9.17, 15) is 23.7 Å². The molecule has 1 amide bonds. The van der Waals surface area contributed by atoms with Crippen molar-refractivity contribution in [3.63, 3.8) is 0 Å². The standard InChI is InChI=1S/C12H14F2N2O4/c1-7(2)20-4-3-15-12(17)9-5-8(13)6-10(11(9)14)16(18)19/h5-7H,3-4H2,1-2H3,(H,15,17). The van der Waals surface area contributed by atoms with Crippen molar-refractivity contribution in [3.8, 4) is 0 Å². The van der Waals surface area contributed by atoms with Gasteiger partial charge >= 0.3 is 5.69 Å². The Morgan fingerprint density at radius 3 is 2.65 bits per heavy atom. The summed E-state index contributed by atoms with van der Waals surface area (Å²) in [6.07, 6.45) is -0.0288. The number of benzene rings is 1. The van der Waals surface area contributed by atoms with Crippen LogP contribution >= 0.6 is 0 Å². The molecule has 1 aromatic carbocycles. The monoisotopic (exact) mass is 288 g/mol. The maximum Gasteiger partial charge on any atom is 0.308 e. The molecule has 0 aliphatic heterocycles. The van der Waals surface area contributed by atoms with Crippen molar-refractivity contribution in [1.29, 1.82) is 0 Å². The number of halogens is 2. The van der Waals surface area contributed by atoms with Gasteiger partial charge in [0, 0.05) is 6.54 Å². The molecule has 0 saturated carbocycles. The minimum absolute atomic E-state index is 0.0288. The molecule has 110 valence electrons. The quantitative estimate of drug-likeness (QED) is 0.493. The van der Waals surface area contributed by atoms with E-state index in [4.69, 9.17) is 4.74 Å². The highest BCUT2D eigenvalue weighted by atomic mass is 19.1. The first-order valence-corrected chi connectivity index (χ1v) is 5.86. The fourth-order valence-corrected chi connectivity index (χ4v) is 1.43. The Morgan fingerprint density at radius 1 is 1.45 bits per heavy atom. The average Bonchev–Trinajstić information content (AvgIpc) is 2.36. The van der Waals surface area contributed by atoms with Gasteiger partial charge in [-0.1, -0.05) is 0 Å². The van der Waals surface area contributed by atoms with Crippen LogP contribution in [0, 0.1) is 21.7 Å². The second-order valence-corrected chi connectivity index (χ2v) is 4.22. The van der Waals surface area contributed by atoms with E-state index in [1.165, 1.54) is 0 Å². The van der Waals surface area contributed by atoms with Crippen LogP contribution in [0.15, 0.2) is 12.1 Å². The molecule has 0 unspecified atom stereocenters. The Kier molecular flexibility index (Phi) is 5.51. The van der Waals surface area contributed by atoms with Crippen molar-refractivity contribution >= 4 is 11.6 Å². The van der Waals surface area contributed by atoms with Crippen LogP contribution in [-0.4, -0.2) is 30.1 Å². The van der Waals surface area contributed by atoms with Crippen LogP contribution in [0.1, 0.15) is 24.2 Å². The third-order valence-corrected chi connectivity index (χ3v) is 2.30. The summed E-state index contributed by atoms with van der Waals surface area (Å²) in [7, 11) is 0. The van der Waals surface area contributed by atoms with Gasteiger partial charge in [-0.05, 0) is 19.9 Å². The predicted molar refractivity (Wildman–Crippen MR) is 66.4 cm³/mol. The lowest BCUT2D eigenvalue weighted by Crippen LogP contribution is -2.29. The molecule has 8 heteroatoms. The van der Waals surface area contributed by atoms with Crippen LogP contribution in [-0.2, 0) is 4.74 Å². The maximum absolute atomic E-state index is 13.7. The number of hydrogen-bond donors (Lipinski definition) is 1. The smallest absolute Gasteiger partial charge is 0.308 e. The lowest BCUT2D eigenvalue weighted by molar-refractivity contribution is -0.387. The Morgan fingerprint density at radius 2 is 2.10 bits per heavy atom. The SMILES string of the molecule is CC(C)OCCNC(=O)c1cc(F)cc([N+](=O)[O-])c1F. The fourth-order valence-electron chi connectivity index (χ4n) is 1.43. The number of nitrogens with zero attached hydrogens (tertiary/aromatic N) is 1. The van der Waals surface area contributed by atoms with Crippen molar-refractivity contribution in [1.82, 2.24) is 5.32 Å². The van der Waals surface area contributed by atoms with Crippen LogP contribution in [0.5, 0.6) is 0 Å². The third-order valence-electron chi connectivity index (χ3n) is 2.30. The van der Waals surface area contributed by atoms with E-state index < -0.39 is 33.7 Å². The van der Waals surface area contributed by atoms with E-state index in [0.29, 0.717) is 12.1 Å². The zero-order valence-electron chi connectivity index (χ0n) is 11.0. The molecule has 1 aromatic rings. The largest absolute Gasteiger partial charge is 0.377 e. The van der Waals surface area contributed by atoms with E-state index >= 15 is 0 Å². The summed E-state index contributed by atoms with van der Waals surface area (Å²) in [6.45, 7) is 3.89. The summed E-state index contributed by atoms with van der Waals surface area (Å²) < 4.78 is 32.0. The minimum atomic E-state index is -1.36. The molecule has 0 aromatic heterocycles. The highest BCUT2D eigenvalue weighted by molar-refractivity contribution is 5.95. The molecule has 0 aliphatic carbocycles. The normalized spacial score (nSPS) is 10.7. The number of nitrogens with one attached hydrogen (secondary N) is 1. The lowest BCUT2D eigenvalue weighted by atomic mass is 10.1. The van der Waals surface area contributed by atoms with Crippen LogP contribution < -0.4 is 5.32 Å². The van der Waals surface area contributed by atoms with Gasteiger partial charge in [0.2, 0.25) is 5.82 Å². The molecule has 0 radical (unpaired) electrons. The number of nitro groups is 1. The van der Waals surface area contributed by atoms with Gasteiger partial charge in [-0.25, -0.2) is 4.39 Å². The zero-order chi connectivity index (χ0) is 15.3. The first kappa shape index (κ1) is 16.0. The van der Waals surface area contributed by atoms with E-state index in [2.05, 4.69) is 5.32 Å². The molecule has 0 heterocycles. The van der Waals surface area contributed by atoms with E-state index in [-0.39, 0.29) is 19.3 Å². The summed E-state index contributed by atoms with van der Waals surface area (Å²) in [4.78, 5) is 21.1. The van der Waals surface area contributed by atoms with Gasteiger partial charge in [0.25, 0.3) is 5.91 Å². The number of rotatable bonds is 6. The highest BCUT2D eigenvalue weighted by Crippen LogP contribution is 2.22. The first-order valence-electron chi connectivity index (χ1n) is 5.86. The Hall–Kier alpha value is -2.09. The van der Waals surface area contributed by atoms with Gasteiger partial charge in [-0.15, -0.1) is 0 Å². The average molecular weight is 288 g/mol. The van der Waals surface area contributed by atoms with Gasteiger partial charge in [-0.3, -0.25) is 14.9 Å². The van der Waals surface area contributed by atoms with E-state index in [1.807, 2.05) is 0 Å². The molecule has 20 heavy (non-hydrogen) atoms. The molecular formula is C12H14F2N2O4. The van der Waals surface area contributed by atoms with E-state index in [0.717, 1.165) is 0 Å². The molecular weight excluding hydrogens is 274 g/mol. The van der Waals surface area contributed by atoms with Crippen LogP contribution in [0.3, 0.4) is 0 Å². The van der Waals surface area contributed by atoms with Crippen LogP contribution in [0.2, 0.25) is 0 Å². The van der Waals surface area contributed by atoms with Crippen molar-refractivity contribution in [2.75, 3.05) is 13.2 Å². The Balaban J connectivity index is 2.80. The van der Waals surface area contributed by atoms with Crippen LogP contribution in [0.4, 0.5) is 14.5 Å². The molecule has 0 aliphatic rings. The topological polar surface area (TPSA) is 81.5 Å². The molecule has 6 nitrogen and oxygen atoms in total.